The number of allylic oxidation sites excluding steroid dienone is 4. The fraction of sp³-hybridized carbons (Fsp3) is 0.148. The van der Waals surface area contributed by atoms with Crippen molar-refractivity contribution in [3.8, 4) is 17.9 Å². The monoisotopic (exact) mass is 454 g/mol. The average molecular weight is 455 g/mol. The number of rotatable bonds is 6. The maximum Gasteiger partial charge on any atom is 0.271 e. The van der Waals surface area contributed by atoms with E-state index >= 15 is 0 Å². The van der Waals surface area contributed by atoms with E-state index in [0.717, 1.165) is 16.9 Å². The van der Waals surface area contributed by atoms with Crippen molar-refractivity contribution in [3.05, 3.63) is 94.0 Å². The number of halogens is 1. The number of nitriles is 1. The van der Waals surface area contributed by atoms with Gasteiger partial charge in [-0.25, -0.2) is 0 Å². The fourth-order valence-electron chi connectivity index (χ4n) is 3.53. The Hall–Kier alpha value is -4.06. The Kier molecular flexibility index (Phi) is 6.74. The highest BCUT2D eigenvalue weighted by Crippen LogP contribution is 2.25. The van der Waals surface area contributed by atoms with Gasteiger partial charge in [-0.2, -0.15) is 5.26 Å². The van der Waals surface area contributed by atoms with Crippen LogP contribution in [0.5, 0.6) is 0 Å². The highest BCUT2D eigenvalue weighted by Gasteiger charge is 2.31. The van der Waals surface area contributed by atoms with Crippen molar-refractivity contribution in [2.75, 3.05) is 6.54 Å². The standard InChI is InChI=1S/C27H19ClN2O3/c28-23-11-5-4-10-20(16-23)25-13-12-24(33-25)17-21-15-22(18-29)27(32)30(26(21)31)14-6-9-19-7-2-1-3-8-19/h1-3,7-8,11-13,15-17H,5-6,9,14H2/b21-17-. The van der Waals surface area contributed by atoms with Crippen molar-refractivity contribution in [1.29, 1.82) is 5.26 Å². The third-order valence-corrected chi connectivity index (χ3v) is 5.44. The van der Waals surface area contributed by atoms with Crippen molar-refractivity contribution in [2.45, 2.75) is 19.3 Å². The summed E-state index contributed by atoms with van der Waals surface area (Å²) >= 11 is 6.12. The zero-order valence-electron chi connectivity index (χ0n) is 17.7. The van der Waals surface area contributed by atoms with Gasteiger partial charge in [0.05, 0.1) is 5.57 Å². The average Bonchev–Trinajstić information content (AvgIpc) is 3.18. The molecule has 1 aliphatic heterocycles. The maximum absolute atomic E-state index is 13.0. The first-order valence-corrected chi connectivity index (χ1v) is 10.8. The van der Waals surface area contributed by atoms with Crippen LogP contribution in [0.1, 0.15) is 29.9 Å². The van der Waals surface area contributed by atoms with Gasteiger partial charge in [0, 0.05) is 23.6 Å². The van der Waals surface area contributed by atoms with Crippen LogP contribution in [0.3, 0.4) is 0 Å². The Bertz CT molecular complexity index is 1320. The minimum Gasteiger partial charge on any atom is -0.456 e. The van der Waals surface area contributed by atoms with Gasteiger partial charge in [-0.1, -0.05) is 59.8 Å². The molecule has 0 atom stereocenters. The Labute approximate surface area is 196 Å². The summed E-state index contributed by atoms with van der Waals surface area (Å²) in [6, 6.07) is 15.2. The Balaban J connectivity index is 1.55. The van der Waals surface area contributed by atoms with E-state index in [1.54, 1.807) is 18.2 Å². The molecule has 6 heteroatoms. The number of aryl methyl sites for hydroxylation is 1. The number of benzene rings is 1. The lowest BCUT2D eigenvalue weighted by Crippen LogP contribution is -2.42. The van der Waals surface area contributed by atoms with E-state index in [9.17, 15) is 14.9 Å². The molecule has 1 aliphatic carbocycles. The third-order valence-electron chi connectivity index (χ3n) is 5.17. The molecular formula is C27H19ClN2O3. The Morgan fingerprint density at radius 3 is 2.73 bits per heavy atom. The number of nitrogens with zero attached hydrogens (tertiary/aromatic N) is 2. The topological polar surface area (TPSA) is 74.3 Å². The van der Waals surface area contributed by atoms with E-state index in [1.807, 2.05) is 42.5 Å². The number of carbonyl (C=O) groups is 2. The van der Waals surface area contributed by atoms with Gasteiger partial charge >= 0.3 is 0 Å². The predicted octanol–water partition coefficient (Wildman–Crippen LogP) is 5.03. The molecule has 0 radical (unpaired) electrons. The van der Waals surface area contributed by atoms with Gasteiger partial charge in [0.1, 0.15) is 23.2 Å². The summed E-state index contributed by atoms with van der Waals surface area (Å²) in [5.74, 6) is 5.89. The molecule has 0 saturated carbocycles. The largest absolute Gasteiger partial charge is 0.456 e. The fourth-order valence-corrected chi connectivity index (χ4v) is 3.72. The van der Waals surface area contributed by atoms with Crippen LogP contribution in [0.15, 0.2) is 81.3 Å². The number of hydrogen-bond acceptors (Lipinski definition) is 4. The highest BCUT2D eigenvalue weighted by molar-refractivity contribution is 6.31. The summed E-state index contributed by atoms with van der Waals surface area (Å²) in [6.07, 6.45) is 8.25. The molecule has 2 amide bonds. The summed E-state index contributed by atoms with van der Waals surface area (Å²) in [7, 11) is 0. The van der Waals surface area contributed by atoms with Gasteiger partial charge in [-0.15, -0.1) is 0 Å². The molecule has 0 spiro atoms. The van der Waals surface area contributed by atoms with Crippen molar-refractivity contribution < 1.29 is 14.0 Å². The SMILES string of the molecule is N#CC1=C/C(=C/c2ccc(C3=CC(Cl)=CCC#C3)o2)C(=O)N(CCCc2ccccc2)C1=O. The lowest BCUT2D eigenvalue weighted by atomic mass is 10.0. The number of imide groups is 1. The number of hydrogen-bond donors (Lipinski definition) is 0. The van der Waals surface area contributed by atoms with Crippen molar-refractivity contribution in [2.24, 2.45) is 0 Å². The highest BCUT2D eigenvalue weighted by atomic mass is 35.5. The quantitative estimate of drug-likeness (QED) is 0.348. The molecule has 5 nitrogen and oxygen atoms in total. The zero-order chi connectivity index (χ0) is 23.2. The molecule has 0 saturated heterocycles. The molecule has 33 heavy (non-hydrogen) atoms. The second kappa shape index (κ2) is 10.0. The molecular weight excluding hydrogens is 436 g/mol. The van der Waals surface area contributed by atoms with E-state index in [2.05, 4.69) is 11.8 Å². The first-order valence-electron chi connectivity index (χ1n) is 10.4. The molecule has 162 valence electrons. The summed E-state index contributed by atoms with van der Waals surface area (Å²) in [4.78, 5) is 26.8. The smallest absolute Gasteiger partial charge is 0.271 e. The molecule has 1 aromatic carbocycles. The number of amides is 2. The van der Waals surface area contributed by atoms with Crippen LogP contribution in [0, 0.1) is 23.2 Å². The molecule has 2 aromatic rings. The van der Waals surface area contributed by atoms with Gasteiger partial charge in [0.15, 0.2) is 0 Å². The van der Waals surface area contributed by atoms with Gasteiger partial charge in [-0.05, 0) is 48.8 Å². The van der Waals surface area contributed by atoms with Crippen LogP contribution >= 0.6 is 11.6 Å². The molecule has 0 bridgehead atoms. The zero-order valence-corrected chi connectivity index (χ0v) is 18.4. The number of carbonyl (C=O) groups excluding carboxylic acids is 2. The molecule has 0 N–H and O–H groups in total. The van der Waals surface area contributed by atoms with Gasteiger partial charge in [-0.3, -0.25) is 14.5 Å². The molecule has 0 unspecified atom stereocenters. The van der Waals surface area contributed by atoms with E-state index in [4.69, 9.17) is 16.0 Å². The van der Waals surface area contributed by atoms with Crippen molar-refractivity contribution in [3.63, 3.8) is 0 Å². The van der Waals surface area contributed by atoms with Crippen LogP contribution in [0.2, 0.25) is 0 Å². The lowest BCUT2D eigenvalue weighted by molar-refractivity contribution is -0.140. The van der Waals surface area contributed by atoms with Crippen LogP contribution < -0.4 is 0 Å². The maximum atomic E-state index is 13.0. The Morgan fingerprint density at radius 2 is 1.94 bits per heavy atom. The van der Waals surface area contributed by atoms with Crippen LogP contribution in [-0.2, 0) is 16.0 Å². The third kappa shape index (κ3) is 5.23. The van der Waals surface area contributed by atoms with Crippen molar-refractivity contribution in [1.82, 2.24) is 4.90 Å². The van der Waals surface area contributed by atoms with Crippen LogP contribution in [0.25, 0.3) is 11.6 Å². The van der Waals surface area contributed by atoms with Gasteiger partial charge in [0.25, 0.3) is 11.8 Å². The summed E-state index contributed by atoms with van der Waals surface area (Å²) in [5, 5.41) is 9.97. The predicted molar refractivity (Wildman–Crippen MR) is 126 cm³/mol. The van der Waals surface area contributed by atoms with E-state index < -0.39 is 11.8 Å². The van der Waals surface area contributed by atoms with Crippen molar-refractivity contribution >= 4 is 35.1 Å². The Morgan fingerprint density at radius 1 is 1.12 bits per heavy atom. The molecule has 2 aliphatic rings. The summed E-state index contributed by atoms with van der Waals surface area (Å²) < 4.78 is 5.85. The van der Waals surface area contributed by atoms with E-state index in [1.165, 1.54) is 12.2 Å². The molecule has 1 aromatic heterocycles. The number of furan rings is 1. The van der Waals surface area contributed by atoms with Crippen LogP contribution in [-0.4, -0.2) is 23.3 Å². The van der Waals surface area contributed by atoms with Gasteiger partial charge < -0.3 is 4.42 Å². The van der Waals surface area contributed by atoms with E-state index in [-0.39, 0.29) is 17.7 Å². The summed E-state index contributed by atoms with van der Waals surface area (Å²) in [6.45, 7) is 0.222. The molecule has 2 heterocycles. The second-order valence-corrected chi connectivity index (χ2v) is 7.91. The van der Waals surface area contributed by atoms with Gasteiger partial charge in [0.2, 0.25) is 0 Å². The molecule has 0 fully saturated rings. The molecule has 4 rings (SSSR count). The first kappa shape index (κ1) is 22.1. The summed E-state index contributed by atoms with van der Waals surface area (Å²) in [5.41, 5.74) is 1.89. The minimum absolute atomic E-state index is 0.0818. The lowest BCUT2D eigenvalue weighted by Gasteiger charge is -2.24. The van der Waals surface area contributed by atoms with Crippen LogP contribution in [0.4, 0.5) is 0 Å². The van der Waals surface area contributed by atoms with E-state index in [0.29, 0.717) is 35.0 Å². The first-order chi connectivity index (χ1) is 16.0. The minimum atomic E-state index is -0.576. The second-order valence-electron chi connectivity index (χ2n) is 7.48. The normalized spacial score (nSPS) is 16.9.